The molecular formula is C24H33ClF3N5O2. The molecule has 0 aliphatic carbocycles. The van der Waals surface area contributed by atoms with E-state index in [0.29, 0.717) is 5.95 Å². The number of halogens is 4. The van der Waals surface area contributed by atoms with Gasteiger partial charge in [0.15, 0.2) is 0 Å². The van der Waals surface area contributed by atoms with E-state index in [0.717, 1.165) is 47.3 Å². The molecule has 0 radical (unpaired) electrons. The molecule has 3 rings (SSSR count). The zero-order valence-corrected chi connectivity index (χ0v) is 21.1. The second-order valence-corrected chi connectivity index (χ2v) is 8.85. The average Bonchev–Trinajstić information content (AvgIpc) is 2.79. The summed E-state index contributed by atoms with van der Waals surface area (Å²) in [5.74, 6) is -1.13. The molecular weight excluding hydrogens is 483 g/mol. The Kier molecular flexibility index (Phi) is 11.0. The van der Waals surface area contributed by atoms with Crippen LogP contribution in [-0.4, -0.2) is 64.8 Å². The third-order valence-electron chi connectivity index (χ3n) is 5.57. The van der Waals surface area contributed by atoms with Gasteiger partial charge in [-0.05, 0) is 83.4 Å². The number of carbonyl (C=O) groups is 1. The lowest BCUT2D eigenvalue weighted by atomic mass is 10.1. The van der Waals surface area contributed by atoms with E-state index in [1.807, 2.05) is 32.0 Å². The van der Waals surface area contributed by atoms with Gasteiger partial charge in [0.05, 0.1) is 0 Å². The van der Waals surface area contributed by atoms with Gasteiger partial charge in [-0.3, -0.25) is 0 Å². The molecule has 0 bridgehead atoms. The molecule has 1 aromatic heterocycles. The minimum absolute atomic E-state index is 0.634. The van der Waals surface area contributed by atoms with Crippen molar-refractivity contribution in [1.82, 2.24) is 14.9 Å². The summed E-state index contributed by atoms with van der Waals surface area (Å²) in [7, 11) is 0. The maximum atomic E-state index is 10.6. The van der Waals surface area contributed by atoms with Gasteiger partial charge in [0.1, 0.15) is 5.82 Å². The Morgan fingerprint density at radius 1 is 1.17 bits per heavy atom. The number of rotatable bonds is 8. The van der Waals surface area contributed by atoms with Crippen molar-refractivity contribution in [2.24, 2.45) is 0 Å². The number of carboxylic acids is 1. The molecule has 1 saturated heterocycles. The number of nitrogens with one attached hydrogen (secondary N) is 1. The molecule has 0 spiro atoms. The minimum atomic E-state index is -5.08. The molecule has 0 atom stereocenters. The SMILES string of the molecule is CCN(CCCN1CCCCC1)c1cc(C)nc(Nc2ccc(Cl)cc2C)n1.O=C(O)C(F)(F)F. The highest BCUT2D eigenvalue weighted by Crippen LogP contribution is 2.24. The quantitative estimate of drug-likeness (QED) is 0.458. The van der Waals surface area contributed by atoms with Crippen molar-refractivity contribution in [2.75, 3.05) is 42.9 Å². The van der Waals surface area contributed by atoms with E-state index in [1.54, 1.807) is 0 Å². The highest BCUT2D eigenvalue weighted by molar-refractivity contribution is 6.30. The predicted octanol–water partition coefficient (Wildman–Crippen LogP) is 5.83. The zero-order chi connectivity index (χ0) is 26.0. The molecule has 1 fully saturated rings. The van der Waals surface area contributed by atoms with Gasteiger partial charge in [0.25, 0.3) is 0 Å². The summed E-state index contributed by atoms with van der Waals surface area (Å²) in [6.45, 7) is 11.9. The standard InChI is InChI=1S/C22H32ClN5.C2HF3O2/c1-4-28(14-8-13-27-11-6-5-7-12-27)21-16-18(3)24-22(26-21)25-20-10-9-19(23)15-17(20)2;3-2(4,5)1(6)7/h9-10,15-16H,4-8,11-14H2,1-3H3,(H,24,25,26);(H,6,7). The van der Waals surface area contributed by atoms with E-state index in [1.165, 1.54) is 38.9 Å². The van der Waals surface area contributed by atoms with Crippen LogP contribution in [0.25, 0.3) is 0 Å². The topological polar surface area (TPSA) is 81.6 Å². The molecule has 2 aromatic rings. The molecule has 1 aliphatic heterocycles. The number of nitrogens with zero attached hydrogens (tertiary/aromatic N) is 4. The Bertz CT molecular complexity index is 969. The fraction of sp³-hybridized carbons (Fsp3) is 0.542. The van der Waals surface area contributed by atoms with Gasteiger partial charge in [0.2, 0.25) is 5.95 Å². The second-order valence-electron chi connectivity index (χ2n) is 8.41. The Hall–Kier alpha value is -2.59. The molecule has 11 heteroatoms. The number of likely N-dealkylation sites (tertiary alicyclic amines) is 1. The number of hydrogen-bond acceptors (Lipinski definition) is 6. The van der Waals surface area contributed by atoms with E-state index in [4.69, 9.17) is 26.5 Å². The summed E-state index contributed by atoms with van der Waals surface area (Å²) in [5.41, 5.74) is 3.02. The van der Waals surface area contributed by atoms with E-state index in [9.17, 15) is 13.2 Å². The minimum Gasteiger partial charge on any atom is -0.475 e. The number of hydrogen-bond donors (Lipinski definition) is 2. The Morgan fingerprint density at radius 2 is 1.83 bits per heavy atom. The lowest BCUT2D eigenvalue weighted by Gasteiger charge is -2.28. The lowest BCUT2D eigenvalue weighted by Crippen LogP contribution is -2.33. The van der Waals surface area contributed by atoms with Crippen LogP contribution in [0.3, 0.4) is 0 Å². The first-order chi connectivity index (χ1) is 16.5. The van der Waals surface area contributed by atoms with E-state index >= 15 is 0 Å². The summed E-state index contributed by atoms with van der Waals surface area (Å²) in [4.78, 5) is 23.2. The molecule has 1 aromatic carbocycles. The second kappa shape index (κ2) is 13.5. The van der Waals surface area contributed by atoms with E-state index in [-0.39, 0.29) is 0 Å². The average molecular weight is 516 g/mol. The first-order valence-electron chi connectivity index (χ1n) is 11.7. The van der Waals surface area contributed by atoms with E-state index < -0.39 is 12.1 Å². The number of anilines is 3. The Labute approximate surface area is 209 Å². The highest BCUT2D eigenvalue weighted by Gasteiger charge is 2.38. The monoisotopic (exact) mass is 515 g/mol. The molecule has 0 unspecified atom stereocenters. The molecule has 35 heavy (non-hydrogen) atoms. The van der Waals surface area contributed by atoms with Gasteiger partial charge in [-0.1, -0.05) is 18.0 Å². The summed E-state index contributed by atoms with van der Waals surface area (Å²) >= 11 is 6.07. The van der Waals surface area contributed by atoms with Crippen molar-refractivity contribution in [2.45, 2.75) is 52.6 Å². The Balaban J connectivity index is 0.000000540. The van der Waals surface area contributed by atoms with Gasteiger partial charge in [0, 0.05) is 35.6 Å². The number of benzene rings is 1. The summed E-state index contributed by atoms with van der Waals surface area (Å²) in [6.07, 6.45) is 0.167. The van der Waals surface area contributed by atoms with Crippen molar-refractivity contribution >= 4 is 35.0 Å². The number of aliphatic carboxylic acids is 1. The third-order valence-corrected chi connectivity index (χ3v) is 5.81. The van der Waals surface area contributed by atoms with Crippen LogP contribution in [0.2, 0.25) is 5.02 Å². The van der Waals surface area contributed by atoms with Gasteiger partial charge in [-0.15, -0.1) is 0 Å². The molecule has 2 heterocycles. The number of carboxylic acid groups (broad SMARTS) is 1. The maximum absolute atomic E-state index is 10.6. The molecule has 0 amide bonds. The first-order valence-corrected chi connectivity index (χ1v) is 12.0. The van der Waals surface area contributed by atoms with Crippen LogP contribution in [-0.2, 0) is 4.79 Å². The molecule has 0 saturated carbocycles. The van der Waals surface area contributed by atoms with Crippen molar-refractivity contribution in [1.29, 1.82) is 0 Å². The maximum Gasteiger partial charge on any atom is 0.490 e. The summed E-state index contributed by atoms with van der Waals surface area (Å²) in [6, 6.07) is 7.87. The molecule has 1 aliphatic rings. The highest BCUT2D eigenvalue weighted by atomic mass is 35.5. The van der Waals surface area contributed by atoms with Crippen LogP contribution in [0.15, 0.2) is 24.3 Å². The summed E-state index contributed by atoms with van der Waals surface area (Å²) in [5, 5.41) is 11.2. The van der Waals surface area contributed by atoms with Crippen LogP contribution < -0.4 is 10.2 Å². The smallest absolute Gasteiger partial charge is 0.475 e. The predicted molar refractivity (Wildman–Crippen MR) is 133 cm³/mol. The van der Waals surface area contributed by atoms with Gasteiger partial charge < -0.3 is 20.2 Å². The first kappa shape index (κ1) is 28.6. The third kappa shape index (κ3) is 9.89. The lowest BCUT2D eigenvalue weighted by molar-refractivity contribution is -0.192. The number of aromatic nitrogens is 2. The fourth-order valence-electron chi connectivity index (χ4n) is 3.76. The fourth-order valence-corrected chi connectivity index (χ4v) is 3.99. The largest absolute Gasteiger partial charge is 0.490 e. The van der Waals surface area contributed by atoms with Crippen molar-refractivity contribution in [3.63, 3.8) is 0 Å². The van der Waals surface area contributed by atoms with Crippen LogP contribution in [0.5, 0.6) is 0 Å². The molecule has 2 N–H and O–H groups in total. The van der Waals surface area contributed by atoms with E-state index in [2.05, 4.69) is 33.1 Å². The van der Waals surface area contributed by atoms with Crippen molar-refractivity contribution in [3.05, 3.63) is 40.5 Å². The van der Waals surface area contributed by atoms with Crippen molar-refractivity contribution in [3.8, 4) is 0 Å². The number of piperidine rings is 1. The van der Waals surface area contributed by atoms with Gasteiger partial charge in [-0.2, -0.15) is 18.2 Å². The van der Waals surface area contributed by atoms with Crippen LogP contribution in [0.1, 0.15) is 43.9 Å². The van der Waals surface area contributed by atoms with Gasteiger partial charge >= 0.3 is 12.1 Å². The van der Waals surface area contributed by atoms with Gasteiger partial charge in [-0.25, -0.2) is 9.78 Å². The van der Waals surface area contributed by atoms with Crippen LogP contribution >= 0.6 is 11.6 Å². The van der Waals surface area contributed by atoms with Crippen LogP contribution in [0.4, 0.5) is 30.6 Å². The van der Waals surface area contributed by atoms with Crippen LogP contribution in [0, 0.1) is 13.8 Å². The number of aryl methyl sites for hydroxylation is 2. The summed E-state index contributed by atoms with van der Waals surface area (Å²) < 4.78 is 31.7. The normalized spacial score (nSPS) is 14.1. The number of alkyl halides is 3. The van der Waals surface area contributed by atoms with Crippen molar-refractivity contribution < 1.29 is 23.1 Å². The Morgan fingerprint density at radius 3 is 2.40 bits per heavy atom. The zero-order valence-electron chi connectivity index (χ0n) is 20.3. The molecule has 7 nitrogen and oxygen atoms in total. The molecule has 194 valence electrons.